The average molecular weight is 424 g/mol. The van der Waals surface area contributed by atoms with Crippen LogP contribution in [0.5, 0.6) is 23.1 Å². The molecule has 1 heterocycles. The van der Waals surface area contributed by atoms with Crippen molar-refractivity contribution < 1.29 is 19.0 Å². The van der Waals surface area contributed by atoms with Crippen LogP contribution in [0, 0.1) is 6.92 Å². The molecule has 0 spiro atoms. The molecule has 0 aliphatic carbocycles. The minimum atomic E-state index is -0.212. The van der Waals surface area contributed by atoms with E-state index in [1.807, 2.05) is 69.3 Å². The van der Waals surface area contributed by atoms with Crippen LogP contribution < -0.4 is 19.5 Å². The molecule has 7 heteroatoms. The molecule has 0 bridgehead atoms. The molecule has 0 saturated carbocycles. The fourth-order valence-corrected chi connectivity index (χ4v) is 3.11. The normalized spacial score (nSPS) is 10.8. The molecular weight excluding hydrogens is 394 g/mol. The molecule has 0 atom stereocenters. The summed E-state index contributed by atoms with van der Waals surface area (Å²) in [6, 6.07) is 15.1. The molecule has 7 nitrogen and oxygen atoms in total. The number of ether oxygens (including phenoxy) is 3. The number of rotatable bonds is 9. The second-order valence-corrected chi connectivity index (χ2v) is 7.39. The number of amides is 1. The van der Waals surface area contributed by atoms with Crippen LogP contribution in [0.15, 0.2) is 48.5 Å². The molecule has 0 fully saturated rings. The zero-order valence-electron chi connectivity index (χ0n) is 18.6. The number of carbonyl (C=O) groups excluding carboxylic acids is 1. The summed E-state index contributed by atoms with van der Waals surface area (Å²) in [6.07, 6.45) is -0.0516. The fraction of sp³-hybridized carbons (Fsp3) is 0.333. The van der Waals surface area contributed by atoms with Crippen molar-refractivity contribution in [2.75, 3.05) is 6.61 Å². The number of nitrogens with zero attached hydrogens (tertiary/aromatic N) is 2. The van der Waals surface area contributed by atoms with Gasteiger partial charge in [-0.15, -0.1) is 0 Å². The van der Waals surface area contributed by atoms with Crippen molar-refractivity contribution in [1.29, 1.82) is 0 Å². The molecular formula is C24H29N3O4. The minimum Gasteiger partial charge on any atom is -0.494 e. The van der Waals surface area contributed by atoms with Crippen molar-refractivity contribution in [2.45, 2.75) is 40.3 Å². The van der Waals surface area contributed by atoms with E-state index in [0.717, 1.165) is 22.8 Å². The van der Waals surface area contributed by atoms with Crippen molar-refractivity contribution in [3.8, 4) is 23.1 Å². The topological polar surface area (TPSA) is 74.6 Å². The van der Waals surface area contributed by atoms with Gasteiger partial charge in [-0.3, -0.25) is 4.79 Å². The van der Waals surface area contributed by atoms with Crippen LogP contribution in [0.1, 0.15) is 42.4 Å². The summed E-state index contributed by atoms with van der Waals surface area (Å²) in [5.41, 5.74) is 2.06. The third kappa shape index (κ3) is 5.78. The van der Waals surface area contributed by atoms with Crippen LogP contribution in [-0.4, -0.2) is 28.4 Å². The number of carbonyl (C=O) groups is 1. The van der Waals surface area contributed by atoms with Gasteiger partial charge in [-0.05, 0) is 69.7 Å². The van der Waals surface area contributed by atoms with E-state index in [1.165, 1.54) is 0 Å². The molecule has 0 aliphatic rings. The van der Waals surface area contributed by atoms with Gasteiger partial charge in [0.25, 0.3) is 5.91 Å². The highest BCUT2D eigenvalue weighted by Gasteiger charge is 2.22. The van der Waals surface area contributed by atoms with Gasteiger partial charge in [0.05, 0.1) is 18.4 Å². The quantitative estimate of drug-likeness (QED) is 0.543. The summed E-state index contributed by atoms with van der Waals surface area (Å²) >= 11 is 0. The Labute approximate surface area is 182 Å². The van der Waals surface area contributed by atoms with Crippen molar-refractivity contribution in [3.63, 3.8) is 0 Å². The maximum absolute atomic E-state index is 12.8. The molecule has 0 radical (unpaired) electrons. The summed E-state index contributed by atoms with van der Waals surface area (Å²) in [5, 5.41) is 7.26. The van der Waals surface area contributed by atoms with Crippen LogP contribution in [0.4, 0.5) is 0 Å². The van der Waals surface area contributed by atoms with Crippen molar-refractivity contribution in [1.82, 2.24) is 15.1 Å². The van der Waals surface area contributed by atoms with Crippen molar-refractivity contribution in [3.05, 3.63) is 65.4 Å². The van der Waals surface area contributed by atoms with Gasteiger partial charge < -0.3 is 19.5 Å². The molecule has 1 aromatic heterocycles. The zero-order chi connectivity index (χ0) is 22.4. The number of aryl methyl sites for hydroxylation is 2. The monoisotopic (exact) mass is 423 g/mol. The molecule has 3 rings (SSSR count). The van der Waals surface area contributed by atoms with Gasteiger partial charge in [0.1, 0.15) is 22.8 Å². The van der Waals surface area contributed by atoms with Gasteiger partial charge in [0.15, 0.2) is 0 Å². The molecule has 2 aromatic carbocycles. The Morgan fingerprint density at radius 3 is 2.19 bits per heavy atom. The summed E-state index contributed by atoms with van der Waals surface area (Å²) < 4.78 is 18.7. The van der Waals surface area contributed by atoms with E-state index in [0.29, 0.717) is 30.3 Å². The van der Waals surface area contributed by atoms with Crippen LogP contribution >= 0.6 is 0 Å². The highest BCUT2D eigenvalue weighted by atomic mass is 16.5. The Hall–Kier alpha value is -3.48. The largest absolute Gasteiger partial charge is 0.494 e. The number of hydrogen-bond donors (Lipinski definition) is 1. The molecule has 1 N–H and O–H groups in total. The van der Waals surface area contributed by atoms with E-state index in [4.69, 9.17) is 14.2 Å². The third-order valence-corrected chi connectivity index (χ3v) is 4.49. The Balaban J connectivity index is 1.60. The van der Waals surface area contributed by atoms with E-state index < -0.39 is 0 Å². The van der Waals surface area contributed by atoms with E-state index in [9.17, 15) is 4.79 Å². The molecule has 3 aromatic rings. The molecule has 31 heavy (non-hydrogen) atoms. The van der Waals surface area contributed by atoms with Gasteiger partial charge >= 0.3 is 0 Å². The van der Waals surface area contributed by atoms with Gasteiger partial charge in [-0.2, -0.15) is 5.10 Å². The van der Waals surface area contributed by atoms with E-state index >= 15 is 0 Å². The maximum atomic E-state index is 12.8. The number of nitrogens with one attached hydrogen (secondary N) is 1. The first-order valence-corrected chi connectivity index (χ1v) is 10.4. The SMILES string of the molecule is CCOc1ccc(Oc2ccc(CNC(=O)c3c(C)nn(C)c3OC(C)C)cc2)cc1. The number of aromatic nitrogens is 2. The number of hydrogen-bond acceptors (Lipinski definition) is 5. The van der Waals surface area contributed by atoms with Crippen molar-refractivity contribution >= 4 is 5.91 Å². The second kappa shape index (κ2) is 10.0. The fourth-order valence-electron chi connectivity index (χ4n) is 3.11. The second-order valence-electron chi connectivity index (χ2n) is 7.39. The van der Waals surface area contributed by atoms with Crippen LogP contribution in [0.25, 0.3) is 0 Å². The Kier molecular flexibility index (Phi) is 7.18. The van der Waals surface area contributed by atoms with Gasteiger partial charge in [-0.25, -0.2) is 4.68 Å². The molecule has 0 unspecified atom stereocenters. The van der Waals surface area contributed by atoms with E-state index in [2.05, 4.69) is 10.4 Å². The molecule has 1 amide bonds. The maximum Gasteiger partial charge on any atom is 0.258 e. The number of benzene rings is 2. The zero-order valence-corrected chi connectivity index (χ0v) is 18.6. The Morgan fingerprint density at radius 2 is 1.61 bits per heavy atom. The van der Waals surface area contributed by atoms with Crippen molar-refractivity contribution in [2.24, 2.45) is 7.05 Å². The van der Waals surface area contributed by atoms with Crippen LogP contribution in [0.2, 0.25) is 0 Å². The lowest BCUT2D eigenvalue weighted by Crippen LogP contribution is -2.24. The molecule has 0 aliphatic heterocycles. The summed E-state index contributed by atoms with van der Waals surface area (Å²) in [4.78, 5) is 12.8. The summed E-state index contributed by atoms with van der Waals surface area (Å²) in [6.45, 7) is 8.60. The first kappa shape index (κ1) is 22.2. The Morgan fingerprint density at radius 1 is 1.03 bits per heavy atom. The predicted octanol–water partition coefficient (Wildman–Crippen LogP) is 4.64. The molecule has 164 valence electrons. The highest BCUT2D eigenvalue weighted by Crippen LogP contribution is 2.25. The minimum absolute atomic E-state index is 0.0516. The van der Waals surface area contributed by atoms with Gasteiger partial charge in [0.2, 0.25) is 5.88 Å². The highest BCUT2D eigenvalue weighted by molar-refractivity contribution is 5.97. The lowest BCUT2D eigenvalue weighted by Gasteiger charge is -2.12. The van der Waals surface area contributed by atoms with Gasteiger partial charge in [0, 0.05) is 13.6 Å². The predicted molar refractivity (Wildman–Crippen MR) is 119 cm³/mol. The lowest BCUT2D eigenvalue weighted by molar-refractivity contribution is 0.0943. The van der Waals surface area contributed by atoms with Crippen LogP contribution in [-0.2, 0) is 13.6 Å². The third-order valence-electron chi connectivity index (χ3n) is 4.49. The smallest absolute Gasteiger partial charge is 0.258 e. The first-order chi connectivity index (χ1) is 14.9. The summed E-state index contributed by atoms with van der Waals surface area (Å²) in [7, 11) is 1.77. The Bertz CT molecular complexity index is 1010. The van der Waals surface area contributed by atoms with E-state index in [1.54, 1.807) is 18.7 Å². The lowest BCUT2D eigenvalue weighted by atomic mass is 10.2. The van der Waals surface area contributed by atoms with Gasteiger partial charge in [-0.1, -0.05) is 12.1 Å². The summed E-state index contributed by atoms with van der Waals surface area (Å²) in [5.74, 6) is 2.52. The van der Waals surface area contributed by atoms with E-state index in [-0.39, 0.29) is 12.0 Å². The standard InChI is InChI=1S/C24H29N3O4/c1-6-29-19-11-13-21(14-12-19)31-20-9-7-18(8-10-20)15-25-23(28)22-17(4)26-27(5)24(22)30-16(2)3/h7-14,16H,6,15H2,1-5H3,(H,25,28). The first-order valence-electron chi connectivity index (χ1n) is 10.4. The van der Waals surface area contributed by atoms with Crippen LogP contribution in [0.3, 0.4) is 0 Å². The average Bonchev–Trinajstić information content (AvgIpc) is 3.01. The molecule has 0 saturated heterocycles.